The Morgan fingerprint density at radius 3 is 1.38 bits per heavy atom. The van der Waals surface area contributed by atoms with Gasteiger partial charge in [-0.3, -0.25) is 0 Å². The number of ether oxygens (including phenoxy) is 1. The zero-order valence-corrected chi connectivity index (χ0v) is 16.2. The third-order valence-corrected chi connectivity index (χ3v) is 5.75. The highest BCUT2D eigenvalue weighted by molar-refractivity contribution is 7.99. The van der Waals surface area contributed by atoms with Gasteiger partial charge in [-0.25, -0.2) is 0 Å². The van der Waals surface area contributed by atoms with Crippen molar-refractivity contribution in [2.75, 3.05) is 36.2 Å². The molecule has 0 saturated heterocycles. The second kappa shape index (κ2) is 20.7. The van der Waals surface area contributed by atoms with Gasteiger partial charge in [0, 0.05) is 13.2 Å². The van der Waals surface area contributed by atoms with E-state index in [9.17, 15) is 0 Å². The highest BCUT2D eigenvalue weighted by atomic mass is 32.2. The van der Waals surface area contributed by atoms with E-state index in [1.54, 1.807) is 0 Å². The summed E-state index contributed by atoms with van der Waals surface area (Å²) in [6, 6.07) is 0. The third-order valence-electron chi connectivity index (χ3n) is 3.44. The molecule has 0 amide bonds. The van der Waals surface area contributed by atoms with E-state index in [1.165, 1.54) is 87.2 Å². The molecule has 128 valence electrons. The van der Waals surface area contributed by atoms with E-state index in [4.69, 9.17) is 4.74 Å². The first-order chi connectivity index (χ1) is 10.4. The largest absolute Gasteiger partial charge is 0.381 e. The Labute approximate surface area is 142 Å². The summed E-state index contributed by atoms with van der Waals surface area (Å²) >= 11 is 4.20. The van der Waals surface area contributed by atoms with Gasteiger partial charge < -0.3 is 4.74 Å². The summed E-state index contributed by atoms with van der Waals surface area (Å²) in [5.41, 5.74) is 0. The normalized spacial score (nSPS) is 11.1. The zero-order valence-electron chi connectivity index (χ0n) is 14.5. The van der Waals surface area contributed by atoms with Crippen molar-refractivity contribution >= 4 is 23.5 Å². The van der Waals surface area contributed by atoms with Crippen LogP contribution in [-0.2, 0) is 4.74 Å². The monoisotopic (exact) mass is 334 g/mol. The van der Waals surface area contributed by atoms with Gasteiger partial charge in [0.15, 0.2) is 0 Å². The van der Waals surface area contributed by atoms with E-state index in [-0.39, 0.29) is 0 Å². The molecule has 0 aliphatic rings. The van der Waals surface area contributed by atoms with Gasteiger partial charge in [0.1, 0.15) is 0 Å². The lowest BCUT2D eigenvalue weighted by Gasteiger charge is -2.05. The van der Waals surface area contributed by atoms with Gasteiger partial charge in [-0.15, -0.1) is 0 Å². The molecule has 0 atom stereocenters. The van der Waals surface area contributed by atoms with Crippen LogP contribution in [0.2, 0.25) is 0 Å². The topological polar surface area (TPSA) is 9.23 Å². The summed E-state index contributed by atoms with van der Waals surface area (Å²) in [5, 5.41) is 0. The SMILES string of the molecule is CCCCCCSCCCOCCCSCCCCCC. The smallest absolute Gasteiger partial charge is 0.0473 e. The second-order valence-corrected chi connectivity index (χ2v) is 8.12. The van der Waals surface area contributed by atoms with E-state index in [1.807, 2.05) is 0 Å². The first-order valence-electron chi connectivity index (χ1n) is 9.15. The minimum absolute atomic E-state index is 0.961. The van der Waals surface area contributed by atoms with Gasteiger partial charge in [0.25, 0.3) is 0 Å². The number of rotatable bonds is 18. The van der Waals surface area contributed by atoms with Crippen molar-refractivity contribution < 1.29 is 4.74 Å². The predicted molar refractivity (Wildman–Crippen MR) is 103 cm³/mol. The van der Waals surface area contributed by atoms with Gasteiger partial charge in [0.05, 0.1) is 0 Å². The maximum Gasteiger partial charge on any atom is 0.0473 e. The molecule has 21 heavy (non-hydrogen) atoms. The standard InChI is InChI=1S/C18H38OS2/c1-3-5-7-9-15-20-17-11-13-19-14-12-18-21-16-10-8-6-4-2/h3-18H2,1-2H3. The lowest BCUT2D eigenvalue weighted by Crippen LogP contribution is -2.00. The fourth-order valence-electron chi connectivity index (χ4n) is 2.09. The second-order valence-electron chi connectivity index (χ2n) is 5.67. The van der Waals surface area contributed by atoms with Crippen LogP contribution in [0.3, 0.4) is 0 Å². The van der Waals surface area contributed by atoms with E-state index in [0.29, 0.717) is 0 Å². The highest BCUT2D eigenvalue weighted by Crippen LogP contribution is 2.10. The van der Waals surface area contributed by atoms with Crippen molar-refractivity contribution in [3.8, 4) is 0 Å². The molecule has 0 fully saturated rings. The lowest BCUT2D eigenvalue weighted by molar-refractivity contribution is 0.137. The van der Waals surface area contributed by atoms with Crippen LogP contribution < -0.4 is 0 Å². The van der Waals surface area contributed by atoms with Crippen LogP contribution in [0.4, 0.5) is 0 Å². The quantitative estimate of drug-likeness (QED) is 0.268. The first-order valence-corrected chi connectivity index (χ1v) is 11.5. The Morgan fingerprint density at radius 1 is 0.524 bits per heavy atom. The highest BCUT2D eigenvalue weighted by Gasteiger charge is 1.94. The Bertz CT molecular complexity index is 159. The summed E-state index contributed by atoms with van der Waals surface area (Å²) in [6.07, 6.45) is 13.6. The summed E-state index contributed by atoms with van der Waals surface area (Å²) in [7, 11) is 0. The maximum atomic E-state index is 5.70. The molecular formula is C18H38OS2. The molecule has 0 saturated carbocycles. The molecule has 0 unspecified atom stereocenters. The average molecular weight is 335 g/mol. The van der Waals surface area contributed by atoms with Crippen molar-refractivity contribution in [2.24, 2.45) is 0 Å². The molecule has 0 aliphatic heterocycles. The summed E-state index contributed by atoms with van der Waals surface area (Å²) in [5.74, 6) is 5.24. The van der Waals surface area contributed by atoms with Gasteiger partial charge in [-0.1, -0.05) is 52.4 Å². The molecule has 3 heteroatoms. The Balaban J connectivity index is 2.90. The zero-order chi connectivity index (χ0) is 15.4. The molecule has 0 radical (unpaired) electrons. The minimum atomic E-state index is 0.961. The molecule has 0 aromatic heterocycles. The third kappa shape index (κ3) is 20.7. The van der Waals surface area contributed by atoms with E-state index in [2.05, 4.69) is 37.4 Å². The number of hydrogen-bond donors (Lipinski definition) is 0. The molecule has 0 aromatic rings. The summed E-state index contributed by atoms with van der Waals surface area (Å²) in [4.78, 5) is 0. The fourth-order valence-corrected chi connectivity index (χ4v) is 3.96. The van der Waals surface area contributed by atoms with Crippen LogP contribution in [0.15, 0.2) is 0 Å². The molecular weight excluding hydrogens is 296 g/mol. The number of hydrogen-bond acceptors (Lipinski definition) is 3. The van der Waals surface area contributed by atoms with Gasteiger partial charge >= 0.3 is 0 Å². The van der Waals surface area contributed by atoms with Crippen LogP contribution in [0, 0.1) is 0 Å². The van der Waals surface area contributed by atoms with Gasteiger partial charge in [0.2, 0.25) is 0 Å². The van der Waals surface area contributed by atoms with Crippen LogP contribution in [0.5, 0.6) is 0 Å². The molecule has 0 spiro atoms. The maximum absolute atomic E-state index is 5.70. The summed E-state index contributed by atoms with van der Waals surface area (Å²) < 4.78 is 5.70. The van der Waals surface area contributed by atoms with Crippen LogP contribution >= 0.6 is 23.5 Å². The molecule has 0 bridgehead atoms. The average Bonchev–Trinajstić information content (AvgIpc) is 2.50. The first kappa shape index (κ1) is 21.7. The molecule has 1 nitrogen and oxygen atoms in total. The Kier molecular flexibility index (Phi) is 21.3. The Morgan fingerprint density at radius 2 is 0.952 bits per heavy atom. The minimum Gasteiger partial charge on any atom is -0.381 e. The van der Waals surface area contributed by atoms with Crippen molar-refractivity contribution in [3.63, 3.8) is 0 Å². The van der Waals surface area contributed by atoms with Crippen LogP contribution in [0.1, 0.15) is 78.1 Å². The van der Waals surface area contributed by atoms with Crippen molar-refractivity contribution in [1.82, 2.24) is 0 Å². The van der Waals surface area contributed by atoms with Crippen molar-refractivity contribution in [1.29, 1.82) is 0 Å². The molecule has 0 N–H and O–H groups in total. The molecule has 0 aromatic carbocycles. The van der Waals surface area contributed by atoms with E-state index >= 15 is 0 Å². The fraction of sp³-hybridized carbons (Fsp3) is 1.00. The number of thioether (sulfide) groups is 2. The molecule has 0 heterocycles. The number of unbranched alkanes of at least 4 members (excludes halogenated alkanes) is 6. The van der Waals surface area contributed by atoms with Crippen LogP contribution in [-0.4, -0.2) is 36.2 Å². The summed E-state index contributed by atoms with van der Waals surface area (Å²) in [6.45, 7) is 6.47. The van der Waals surface area contributed by atoms with E-state index < -0.39 is 0 Å². The van der Waals surface area contributed by atoms with Crippen LogP contribution in [0.25, 0.3) is 0 Å². The van der Waals surface area contributed by atoms with Gasteiger partial charge in [-0.2, -0.15) is 23.5 Å². The van der Waals surface area contributed by atoms with Crippen molar-refractivity contribution in [3.05, 3.63) is 0 Å². The molecule has 0 rings (SSSR count). The van der Waals surface area contributed by atoms with E-state index in [0.717, 1.165) is 13.2 Å². The Hall–Kier alpha value is 0.660. The molecule has 0 aliphatic carbocycles. The van der Waals surface area contributed by atoms with Crippen molar-refractivity contribution in [2.45, 2.75) is 78.1 Å². The van der Waals surface area contributed by atoms with Gasteiger partial charge in [-0.05, 0) is 48.7 Å². The predicted octanol–water partition coefficient (Wildman–Crippen LogP) is 6.41. The lowest BCUT2D eigenvalue weighted by atomic mass is 10.2.